The largest absolute Gasteiger partial charge is 0.432 e. The third kappa shape index (κ3) is 4.90. The first-order chi connectivity index (χ1) is 22.0. The molecule has 3 amide bonds. The van der Waals surface area contributed by atoms with E-state index in [1.54, 1.807) is 14.7 Å². The number of carbonyl (C=O) groups excluding carboxylic acids is 3. The summed E-state index contributed by atoms with van der Waals surface area (Å²) >= 11 is 0. The van der Waals surface area contributed by atoms with E-state index in [0.29, 0.717) is 32.5 Å². The van der Waals surface area contributed by atoms with Gasteiger partial charge in [0.2, 0.25) is 11.8 Å². The topological polar surface area (TPSA) is 111 Å². The Kier molecular flexibility index (Phi) is 7.67. The summed E-state index contributed by atoms with van der Waals surface area (Å²) in [7, 11) is -2.97. The number of fused-ring (bicyclic) bond motifs is 3. The van der Waals surface area contributed by atoms with E-state index in [1.165, 1.54) is 0 Å². The lowest BCUT2D eigenvalue weighted by atomic mass is 9.82. The maximum Gasteiger partial charge on any atom is 0.264 e. The number of amides is 3. The van der Waals surface area contributed by atoms with Crippen LogP contribution in [-0.2, 0) is 44.2 Å². The van der Waals surface area contributed by atoms with Gasteiger partial charge in [0, 0.05) is 42.2 Å². The summed E-state index contributed by atoms with van der Waals surface area (Å²) in [6, 6.07) is 23.0. The van der Waals surface area contributed by atoms with Gasteiger partial charge in [0.1, 0.15) is 0 Å². The number of carbonyl (C=O) groups is 3. The number of ether oxygens (including phenoxy) is 1. The Balaban J connectivity index is 1.20. The Morgan fingerprint density at radius 2 is 1.76 bits per heavy atom. The molecule has 10 heteroatoms. The molecule has 2 fully saturated rings. The Morgan fingerprint density at radius 3 is 2.46 bits per heavy atom. The zero-order chi connectivity index (χ0) is 32.4. The van der Waals surface area contributed by atoms with Crippen molar-refractivity contribution >= 4 is 37.4 Å². The van der Waals surface area contributed by atoms with Gasteiger partial charge in [-0.2, -0.15) is 0 Å². The summed E-state index contributed by atoms with van der Waals surface area (Å²) in [6.45, 7) is 6.92. The van der Waals surface area contributed by atoms with Crippen molar-refractivity contribution in [2.75, 3.05) is 23.0 Å². The van der Waals surface area contributed by atoms with Crippen molar-refractivity contribution in [2.45, 2.75) is 75.7 Å². The van der Waals surface area contributed by atoms with Gasteiger partial charge in [0.25, 0.3) is 5.91 Å². The van der Waals surface area contributed by atoms with Gasteiger partial charge in [-0.15, -0.1) is 0 Å². The molecule has 3 aromatic rings. The molecule has 7 rings (SSSR count). The van der Waals surface area contributed by atoms with E-state index >= 15 is 0 Å². The van der Waals surface area contributed by atoms with Gasteiger partial charge in [-0.25, -0.2) is 0 Å². The van der Waals surface area contributed by atoms with Crippen LogP contribution in [0.5, 0.6) is 0 Å². The normalized spacial score (nSPS) is 27.2. The van der Waals surface area contributed by atoms with Crippen LogP contribution in [0.1, 0.15) is 42.0 Å². The number of aliphatic hydroxyl groups excluding tert-OH is 1. The van der Waals surface area contributed by atoms with Crippen LogP contribution < -0.4 is 9.80 Å². The fraction of sp³-hybridized carbons (Fsp3) is 0.417. The molecule has 0 unspecified atom stereocenters. The van der Waals surface area contributed by atoms with Gasteiger partial charge < -0.3 is 29.3 Å². The minimum Gasteiger partial charge on any atom is -0.432 e. The average Bonchev–Trinajstić information content (AvgIpc) is 3.46. The van der Waals surface area contributed by atoms with Gasteiger partial charge in [0.15, 0.2) is 13.9 Å². The predicted octanol–water partition coefficient (Wildman–Crippen LogP) is 4.10. The van der Waals surface area contributed by atoms with Crippen LogP contribution in [0, 0.1) is 5.92 Å². The third-order valence-electron chi connectivity index (χ3n) is 10.6. The molecule has 5 atom stereocenters. The highest BCUT2D eigenvalue weighted by atomic mass is 28.4. The number of anilines is 2. The Hall–Kier alpha value is -3.83. The first-order valence-electron chi connectivity index (χ1n) is 16.2. The second kappa shape index (κ2) is 11.4. The summed E-state index contributed by atoms with van der Waals surface area (Å²) < 4.78 is 6.89. The van der Waals surface area contributed by atoms with E-state index < -0.39 is 25.9 Å². The quantitative estimate of drug-likeness (QED) is 0.298. The number of aliphatic hydroxyl groups is 1. The zero-order valence-corrected chi connectivity index (χ0v) is 27.6. The van der Waals surface area contributed by atoms with Crippen molar-refractivity contribution in [3.63, 3.8) is 0 Å². The molecule has 0 aromatic heterocycles. The summed E-state index contributed by atoms with van der Waals surface area (Å²) in [4.78, 5) is 57.7. The molecule has 46 heavy (non-hydrogen) atoms. The number of β-lactam (4-membered cyclic amide) rings is 1. The predicted molar refractivity (Wildman–Crippen MR) is 176 cm³/mol. The van der Waals surface area contributed by atoms with E-state index in [0.717, 1.165) is 33.6 Å². The minimum atomic E-state index is -2.97. The van der Waals surface area contributed by atoms with Crippen molar-refractivity contribution in [3.8, 4) is 0 Å². The molecule has 0 aliphatic carbocycles. The molecule has 0 radical (unpaired) electrons. The number of hydrogen-bond acceptors (Lipinski definition) is 6. The molecule has 2 N–H and O–H groups in total. The number of nitrogens with zero attached hydrogens (tertiary/aromatic N) is 3. The van der Waals surface area contributed by atoms with Gasteiger partial charge in [0.05, 0.1) is 37.4 Å². The lowest BCUT2D eigenvalue weighted by molar-refractivity contribution is -0.151. The van der Waals surface area contributed by atoms with Crippen LogP contribution in [0.3, 0.4) is 0 Å². The maximum absolute atomic E-state index is 14.7. The highest BCUT2D eigenvalue weighted by molar-refractivity contribution is 6.71. The van der Waals surface area contributed by atoms with E-state index in [4.69, 9.17) is 4.74 Å². The van der Waals surface area contributed by atoms with E-state index in [2.05, 4.69) is 0 Å². The van der Waals surface area contributed by atoms with Gasteiger partial charge in [-0.1, -0.05) is 61.5 Å². The SMILES string of the molecule is C[C@H]1[C@H]([Si](C)(C)O)[C@@H](CC(=O)N2Cc3ccccc3C[C@H]2CO)O[C@]12C(=O)N(Cc1cccc(N3CCC3=O)c1)c1ccccc12. The number of rotatable bonds is 7. The molecular formula is C36H41N3O6Si. The molecule has 240 valence electrons. The second-order valence-corrected chi connectivity index (χ2v) is 17.7. The summed E-state index contributed by atoms with van der Waals surface area (Å²) in [5.41, 5.74) is 3.66. The van der Waals surface area contributed by atoms with Crippen molar-refractivity contribution in [1.29, 1.82) is 0 Å². The van der Waals surface area contributed by atoms with Gasteiger partial charge >= 0.3 is 0 Å². The molecule has 4 aliphatic rings. The van der Waals surface area contributed by atoms with Crippen molar-refractivity contribution < 1.29 is 29.0 Å². The first kappa shape index (κ1) is 30.8. The van der Waals surface area contributed by atoms with Crippen LogP contribution in [0.2, 0.25) is 18.6 Å². The van der Waals surface area contributed by atoms with Crippen molar-refractivity contribution in [2.24, 2.45) is 5.92 Å². The summed E-state index contributed by atoms with van der Waals surface area (Å²) in [5, 5.41) is 10.2. The number of hydrogen-bond donors (Lipinski definition) is 2. The van der Waals surface area contributed by atoms with Crippen molar-refractivity contribution in [3.05, 3.63) is 95.1 Å². The third-order valence-corrected chi connectivity index (χ3v) is 13.1. The highest BCUT2D eigenvalue weighted by Crippen LogP contribution is 2.59. The molecule has 3 aromatic carbocycles. The fourth-order valence-electron chi connectivity index (χ4n) is 8.31. The van der Waals surface area contributed by atoms with E-state index in [1.807, 2.05) is 92.8 Å². The lowest BCUT2D eigenvalue weighted by Gasteiger charge is -2.37. The van der Waals surface area contributed by atoms with Crippen molar-refractivity contribution in [1.82, 2.24) is 4.90 Å². The molecule has 0 saturated carbocycles. The number of benzene rings is 3. The molecule has 9 nitrogen and oxygen atoms in total. The van der Waals surface area contributed by atoms with Crippen LogP contribution >= 0.6 is 0 Å². The van der Waals surface area contributed by atoms with Gasteiger partial charge in [-0.3, -0.25) is 14.4 Å². The maximum atomic E-state index is 14.7. The highest BCUT2D eigenvalue weighted by Gasteiger charge is 2.66. The zero-order valence-electron chi connectivity index (χ0n) is 26.6. The van der Waals surface area contributed by atoms with Crippen LogP contribution in [-0.4, -0.2) is 66.1 Å². The van der Waals surface area contributed by atoms with E-state index in [9.17, 15) is 24.3 Å². The Labute approximate surface area is 270 Å². The smallest absolute Gasteiger partial charge is 0.264 e. The van der Waals surface area contributed by atoms with E-state index in [-0.39, 0.29) is 42.3 Å². The number of para-hydroxylation sites is 1. The molecule has 2 saturated heterocycles. The molecule has 0 bridgehead atoms. The first-order valence-corrected chi connectivity index (χ1v) is 19.2. The summed E-state index contributed by atoms with van der Waals surface area (Å²) in [5.74, 6) is -0.659. The molecular weight excluding hydrogens is 598 g/mol. The van der Waals surface area contributed by atoms with Crippen LogP contribution in [0.25, 0.3) is 0 Å². The average molecular weight is 640 g/mol. The lowest BCUT2D eigenvalue weighted by Crippen LogP contribution is -2.48. The molecule has 4 aliphatic heterocycles. The monoisotopic (exact) mass is 639 g/mol. The Morgan fingerprint density at radius 1 is 1.02 bits per heavy atom. The molecule has 4 heterocycles. The Bertz CT molecular complexity index is 1710. The second-order valence-electron chi connectivity index (χ2n) is 13.8. The standard InChI is InChI=1S/C36H41N3O6Si/c1-23-34(46(2,3)44)31(19-33(42)38-21-26-11-5-4-10-25(26)18-28(38)22-40)45-36(23)29-13-6-7-14-30(29)39(35(36)43)20-24-9-8-12-27(17-24)37-16-15-32(37)41/h4-14,17,23,28,31,34,40,44H,15-16,18-22H2,1-3H3/t23-,28-,31+,34-,36+/m0/s1. The fourth-order valence-corrected chi connectivity index (χ4v) is 10.9. The van der Waals surface area contributed by atoms with Crippen LogP contribution in [0.15, 0.2) is 72.8 Å². The summed E-state index contributed by atoms with van der Waals surface area (Å²) in [6.07, 6.45) is 0.444. The minimum absolute atomic E-state index is 0.00771. The molecule has 1 spiro atoms. The van der Waals surface area contributed by atoms with Gasteiger partial charge in [-0.05, 0) is 54.4 Å². The van der Waals surface area contributed by atoms with Crippen LogP contribution in [0.4, 0.5) is 11.4 Å².